The minimum Gasteiger partial charge on any atom is -0.304 e. The Morgan fingerprint density at radius 3 is 1.14 bits per heavy atom. The van der Waals surface area contributed by atoms with Crippen LogP contribution in [0.5, 0.6) is 0 Å². The SMILES string of the molecule is CC(C)[C@@]1(C)SC(=N[C@@H](c2ccccc2)C(F)(F)F)NC1=O.CC(C)[C@]1(C)SC(=N[C@@H](c2ccccc2)C(F)(F)F)NC1=O. The predicted octanol–water partition coefficient (Wildman–Crippen LogP) is 7.85. The van der Waals surface area contributed by atoms with Crippen LogP contribution in [0.3, 0.4) is 0 Å². The molecule has 2 aromatic carbocycles. The Kier molecular flexibility index (Phi) is 10.9. The summed E-state index contributed by atoms with van der Waals surface area (Å²) in [4.78, 5) is 31.6. The van der Waals surface area contributed by atoms with Crippen LogP contribution in [0.25, 0.3) is 0 Å². The second-order valence-electron chi connectivity index (χ2n) is 11.2. The molecule has 0 spiro atoms. The summed E-state index contributed by atoms with van der Waals surface area (Å²) in [6, 6.07) is 11.0. The van der Waals surface area contributed by atoms with Crippen molar-refractivity contribution in [3.63, 3.8) is 0 Å². The van der Waals surface area contributed by atoms with E-state index in [0.29, 0.717) is 0 Å². The monoisotopic (exact) mass is 660 g/mol. The molecule has 2 saturated heterocycles. The van der Waals surface area contributed by atoms with Gasteiger partial charge in [-0.05, 0) is 36.8 Å². The number of carbonyl (C=O) groups is 2. The fraction of sp³-hybridized carbons (Fsp3) is 0.467. The van der Waals surface area contributed by atoms with Gasteiger partial charge in [0.1, 0.15) is 9.49 Å². The molecule has 2 aliphatic heterocycles. The molecule has 2 heterocycles. The maximum Gasteiger partial charge on any atom is 0.415 e. The first-order chi connectivity index (χ1) is 20.3. The van der Waals surface area contributed by atoms with Gasteiger partial charge in [0, 0.05) is 0 Å². The number of benzene rings is 2. The molecule has 0 aliphatic carbocycles. The molecule has 2 aromatic rings. The maximum atomic E-state index is 13.3. The number of carbonyl (C=O) groups excluding carboxylic acids is 2. The third kappa shape index (κ3) is 8.17. The molecule has 0 saturated carbocycles. The van der Waals surface area contributed by atoms with E-state index in [-0.39, 0.29) is 45.1 Å². The molecule has 6 nitrogen and oxygen atoms in total. The lowest BCUT2D eigenvalue weighted by Crippen LogP contribution is -2.38. The number of thioether (sulfide) groups is 2. The Morgan fingerprint density at radius 1 is 0.614 bits per heavy atom. The zero-order chi connectivity index (χ0) is 33.1. The molecule has 14 heteroatoms. The first-order valence-electron chi connectivity index (χ1n) is 13.7. The standard InChI is InChI=1S/2C15H17F3N2OS/c2*1-9(2)14(3)12(21)20-13(22-14)19-11(15(16,17)18)10-7-5-4-6-8-10/h2*4-9,11H,1-3H3,(H,19,20,21)/t11-,14+;11-,14-/m00/s1. The van der Waals surface area contributed by atoms with Gasteiger partial charge in [0.15, 0.2) is 22.4 Å². The van der Waals surface area contributed by atoms with E-state index in [4.69, 9.17) is 0 Å². The van der Waals surface area contributed by atoms with Crippen LogP contribution in [0.2, 0.25) is 0 Å². The lowest BCUT2D eigenvalue weighted by atomic mass is 9.96. The van der Waals surface area contributed by atoms with Gasteiger partial charge in [-0.3, -0.25) is 9.59 Å². The van der Waals surface area contributed by atoms with Gasteiger partial charge in [-0.25, -0.2) is 9.98 Å². The van der Waals surface area contributed by atoms with Crippen molar-refractivity contribution in [1.29, 1.82) is 0 Å². The highest BCUT2D eigenvalue weighted by Crippen LogP contribution is 2.43. The number of nitrogens with zero attached hydrogens (tertiary/aromatic N) is 2. The second-order valence-corrected chi connectivity index (χ2v) is 14.1. The summed E-state index contributed by atoms with van der Waals surface area (Å²) in [5.41, 5.74) is 0.103. The molecule has 44 heavy (non-hydrogen) atoms. The average Bonchev–Trinajstić information content (AvgIpc) is 3.40. The van der Waals surface area contributed by atoms with Crippen molar-refractivity contribution in [2.75, 3.05) is 0 Å². The summed E-state index contributed by atoms with van der Waals surface area (Å²) in [6.07, 6.45) is -9.03. The van der Waals surface area contributed by atoms with Crippen molar-refractivity contribution in [3.05, 3.63) is 71.8 Å². The van der Waals surface area contributed by atoms with Gasteiger partial charge in [0.2, 0.25) is 11.8 Å². The number of halogens is 6. The Morgan fingerprint density at radius 2 is 0.909 bits per heavy atom. The Balaban J connectivity index is 0.000000240. The molecule has 2 aliphatic rings. The Hall–Kier alpha value is -3.00. The van der Waals surface area contributed by atoms with Gasteiger partial charge < -0.3 is 10.6 Å². The lowest BCUT2D eigenvalue weighted by Gasteiger charge is -2.23. The molecule has 4 rings (SSSR count). The zero-order valence-electron chi connectivity index (χ0n) is 24.9. The Bertz CT molecular complexity index is 1280. The highest BCUT2D eigenvalue weighted by molar-refractivity contribution is 8.16. The molecule has 2 N–H and O–H groups in total. The summed E-state index contributed by atoms with van der Waals surface area (Å²) in [7, 11) is 0. The summed E-state index contributed by atoms with van der Waals surface area (Å²) in [5.74, 6) is -0.655. The lowest BCUT2D eigenvalue weighted by molar-refractivity contribution is -0.149. The quantitative estimate of drug-likeness (QED) is 0.309. The third-order valence-electron chi connectivity index (χ3n) is 7.51. The minimum atomic E-state index is -4.52. The highest BCUT2D eigenvalue weighted by Gasteiger charge is 2.49. The number of hydrogen-bond acceptors (Lipinski definition) is 6. The van der Waals surface area contributed by atoms with Crippen LogP contribution in [0.1, 0.15) is 64.8 Å². The maximum absolute atomic E-state index is 13.3. The predicted molar refractivity (Wildman–Crippen MR) is 163 cm³/mol. The summed E-state index contributed by atoms with van der Waals surface area (Å²) in [5, 5.41) is 4.99. The number of hydrogen-bond donors (Lipinski definition) is 2. The molecule has 0 aromatic heterocycles. The van der Waals surface area contributed by atoms with Gasteiger partial charge in [-0.2, -0.15) is 26.3 Å². The molecule has 0 unspecified atom stereocenters. The number of amidine groups is 2. The minimum absolute atomic E-state index is 0.0207. The van der Waals surface area contributed by atoms with Crippen molar-refractivity contribution in [3.8, 4) is 0 Å². The van der Waals surface area contributed by atoms with Gasteiger partial charge in [0.05, 0.1) is 0 Å². The van der Waals surface area contributed by atoms with Crippen LogP contribution in [-0.4, -0.2) is 44.0 Å². The van der Waals surface area contributed by atoms with E-state index in [2.05, 4.69) is 20.6 Å². The van der Waals surface area contributed by atoms with Gasteiger partial charge in [0.25, 0.3) is 0 Å². The van der Waals surface area contributed by atoms with Crippen LogP contribution in [-0.2, 0) is 9.59 Å². The van der Waals surface area contributed by atoms with Crippen LogP contribution in [0.4, 0.5) is 26.3 Å². The van der Waals surface area contributed by atoms with Gasteiger partial charge >= 0.3 is 12.4 Å². The molecule has 0 radical (unpaired) electrons. The topological polar surface area (TPSA) is 82.9 Å². The fourth-order valence-electron chi connectivity index (χ4n) is 4.04. The van der Waals surface area contributed by atoms with Crippen molar-refractivity contribution in [2.45, 2.75) is 75.5 Å². The number of rotatable bonds is 6. The molecule has 240 valence electrons. The first-order valence-corrected chi connectivity index (χ1v) is 15.3. The van der Waals surface area contributed by atoms with Crippen LogP contribution < -0.4 is 10.6 Å². The van der Waals surface area contributed by atoms with Gasteiger partial charge in [-0.1, -0.05) is 112 Å². The van der Waals surface area contributed by atoms with E-state index in [1.807, 2.05) is 27.7 Å². The summed E-state index contributed by atoms with van der Waals surface area (Å²) >= 11 is 2.12. The van der Waals surface area contributed by atoms with E-state index in [1.165, 1.54) is 48.5 Å². The third-order valence-corrected chi connectivity index (χ3v) is 10.5. The summed E-state index contributed by atoms with van der Waals surface area (Å²) in [6.45, 7) is 10.8. The normalized spacial score (nSPS) is 25.6. The molecule has 2 amide bonds. The molecule has 0 bridgehead atoms. The molecule has 4 atom stereocenters. The van der Waals surface area contributed by atoms with Crippen molar-refractivity contribution in [2.24, 2.45) is 21.8 Å². The largest absolute Gasteiger partial charge is 0.415 e. The van der Waals surface area contributed by atoms with E-state index in [9.17, 15) is 35.9 Å². The van der Waals surface area contributed by atoms with E-state index in [1.54, 1.807) is 26.0 Å². The van der Waals surface area contributed by atoms with Crippen molar-refractivity contribution in [1.82, 2.24) is 10.6 Å². The number of nitrogens with one attached hydrogen (secondary N) is 2. The van der Waals surface area contributed by atoms with Crippen molar-refractivity contribution < 1.29 is 35.9 Å². The van der Waals surface area contributed by atoms with Crippen LogP contribution >= 0.6 is 23.5 Å². The van der Waals surface area contributed by atoms with E-state index in [0.717, 1.165) is 23.5 Å². The summed E-state index contributed by atoms with van der Waals surface area (Å²) < 4.78 is 78.1. The number of amides is 2. The fourth-order valence-corrected chi connectivity index (χ4v) is 6.21. The molecule has 2 fully saturated rings. The highest BCUT2D eigenvalue weighted by atomic mass is 32.2. The van der Waals surface area contributed by atoms with Crippen molar-refractivity contribution >= 4 is 45.7 Å². The van der Waals surface area contributed by atoms with E-state index < -0.39 is 33.9 Å². The zero-order valence-corrected chi connectivity index (χ0v) is 26.5. The number of aliphatic imine (C=N–C) groups is 2. The average molecular weight is 661 g/mol. The van der Waals surface area contributed by atoms with Crippen LogP contribution in [0.15, 0.2) is 70.6 Å². The van der Waals surface area contributed by atoms with Gasteiger partial charge in [-0.15, -0.1) is 0 Å². The molecular weight excluding hydrogens is 626 g/mol. The second kappa shape index (κ2) is 13.6. The number of alkyl halides is 6. The van der Waals surface area contributed by atoms with Crippen LogP contribution in [0, 0.1) is 11.8 Å². The van der Waals surface area contributed by atoms with E-state index >= 15 is 0 Å². The smallest absolute Gasteiger partial charge is 0.304 e. The Labute approximate surface area is 261 Å². The molecular formula is C30H34F6N4O2S2. The first kappa shape index (κ1) is 35.5.